The lowest BCUT2D eigenvalue weighted by Gasteiger charge is -2.19. The largest absolute Gasteiger partial charge is 0.465 e. The van der Waals surface area contributed by atoms with E-state index in [2.05, 4.69) is 45.0 Å². The van der Waals surface area contributed by atoms with Gasteiger partial charge in [0.2, 0.25) is 0 Å². The molecule has 0 saturated carbocycles. The normalized spacial score (nSPS) is 11.7. The van der Waals surface area contributed by atoms with Gasteiger partial charge in [-0.25, -0.2) is 4.79 Å². The van der Waals surface area contributed by atoms with Crippen LogP contribution in [0.3, 0.4) is 0 Å². The van der Waals surface area contributed by atoms with E-state index in [-0.39, 0.29) is 11.4 Å². The van der Waals surface area contributed by atoms with Crippen LogP contribution in [0.5, 0.6) is 0 Å². The molecule has 0 N–H and O–H groups in total. The summed E-state index contributed by atoms with van der Waals surface area (Å²) >= 11 is 6.30. The van der Waals surface area contributed by atoms with Crippen LogP contribution in [0.1, 0.15) is 42.3 Å². The number of fused-ring (bicyclic) bond motifs is 1. The van der Waals surface area contributed by atoms with Crippen molar-refractivity contribution in [1.82, 2.24) is 4.57 Å². The van der Waals surface area contributed by atoms with Gasteiger partial charge in [-0.15, -0.1) is 0 Å². The number of nitrogens with zero attached hydrogens (tertiary/aromatic N) is 1. The summed E-state index contributed by atoms with van der Waals surface area (Å²) in [6.45, 7) is 7.27. The summed E-state index contributed by atoms with van der Waals surface area (Å²) in [5, 5.41) is 1.49. The van der Waals surface area contributed by atoms with Crippen LogP contribution >= 0.6 is 11.6 Å². The van der Waals surface area contributed by atoms with Crippen LogP contribution in [0.2, 0.25) is 5.02 Å². The van der Waals surface area contributed by atoms with Gasteiger partial charge in [0, 0.05) is 23.2 Å². The van der Waals surface area contributed by atoms with Crippen LogP contribution in [0.4, 0.5) is 0 Å². The van der Waals surface area contributed by atoms with Crippen LogP contribution in [0.15, 0.2) is 48.7 Å². The van der Waals surface area contributed by atoms with Crippen molar-refractivity contribution in [3.05, 3.63) is 70.4 Å². The number of carbonyl (C=O) groups is 1. The topological polar surface area (TPSA) is 31.2 Å². The van der Waals surface area contributed by atoms with E-state index in [0.29, 0.717) is 17.1 Å². The Labute approximate surface area is 153 Å². The van der Waals surface area contributed by atoms with Gasteiger partial charge in [0.1, 0.15) is 0 Å². The highest BCUT2D eigenvalue weighted by Crippen LogP contribution is 2.29. The molecule has 0 amide bonds. The minimum Gasteiger partial charge on any atom is -0.465 e. The van der Waals surface area contributed by atoms with Crippen molar-refractivity contribution < 1.29 is 9.53 Å². The van der Waals surface area contributed by atoms with Gasteiger partial charge in [0.15, 0.2) is 0 Å². The lowest BCUT2D eigenvalue weighted by molar-refractivity contribution is 0.0602. The number of benzene rings is 2. The molecule has 0 aliphatic carbocycles. The van der Waals surface area contributed by atoms with Gasteiger partial charge < -0.3 is 9.30 Å². The Hall–Kier alpha value is -2.26. The number of ether oxygens (including phenoxy) is 1. The zero-order valence-electron chi connectivity index (χ0n) is 15.0. The predicted octanol–water partition coefficient (Wildman–Crippen LogP) is 5.43. The smallest absolute Gasteiger partial charge is 0.340 e. The Morgan fingerprint density at radius 2 is 1.76 bits per heavy atom. The molecule has 4 heteroatoms. The fraction of sp³-hybridized carbons (Fsp3) is 0.286. The van der Waals surface area contributed by atoms with Crippen molar-refractivity contribution in [2.45, 2.75) is 32.7 Å². The summed E-state index contributed by atoms with van der Waals surface area (Å²) in [6, 6.07) is 14.0. The van der Waals surface area contributed by atoms with Crippen LogP contribution in [0.25, 0.3) is 10.9 Å². The first kappa shape index (κ1) is 17.6. The predicted molar refractivity (Wildman–Crippen MR) is 103 cm³/mol. The van der Waals surface area contributed by atoms with E-state index in [9.17, 15) is 4.79 Å². The molecule has 0 spiro atoms. The molecule has 130 valence electrons. The Kier molecular flexibility index (Phi) is 4.61. The van der Waals surface area contributed by atoms with Gasteiger partial charge in [0.25, 0.3) is 0 Å². The molecule has 0 bridgehead atoms. The second-order valence-corrected chi connectivity index (χ2v) is 7.65. The Bertz CT molecular complexity index is 917. The van der Waals surface area contributed by atoms with Gasteiger partial charge in [-0.1, -0.05) is 56.6 Å². The first-order valence-corrected chi connectivity index (χ1v) is 8.64. The van der Waals surface area contributed by atoms with Crippen LogP contribution in [0, 0.1) is 0 Å². The highest BCUT2D eigenvalue weighted by molar-refractivity contribution is 6.36. The molecule has 2 aromatic carbocycles. The summed E-state index contributed by atoms with van der Waals surface area (Å²) in [6.07, 6.45) is 1.96. The maximum absolute atomic E-state index is 12.1. The zero-order chi connectivity index (χ0) is 18.2. The van der Waals surface area contributed by atoms with Crippen molar-refractivity contribution in [3.63, 3.8) is 0 Å². The molecule has 0 atom stereocenters. The first-order chi connectivity index (χ1) is 11.8. The third kappa shape index (κ3) is 3.42. The molecule has 25 heavy (non-hydrogen) atoms. The molecule has 0 aliphatic heterocycles. The van der Waals surface area contributed by atoms with Crippen molar-refractivity contribution >= 4 is 28.5 Å². The summed E-state index contributed by atoms with van der Waals surface area (Å²) in [5.74, 6) is -0.357. The molecular formula is C21H22ClNO2. The van der Waals surface area contributed by atoms with Crippen molar-refractivity contribution in [2.24, 2.45) is 0 Å². The van der Waals surface area contributed by atoms with Gasteiger partial charge in [-0.05, 0) is 34.7 Å². The molecule has 0 fully saturated rings. The third-order valence-corrected chi connectivity index (χ3v) is 4.78. The van der Waals surface area contributed by atoms with E-state index in [4.69, 9.17) is 16.3 Å². The Morgan fingerprint density at radius 3 is 2.36 bits per heavy atom. The van der Waals surface area contributed by atoms with E-state index < -0.39 is 0 Å². The number of halogens is 1. The zero-order valence-corrected chi connectivity index (χ0v) is 15.7. The highest BCUT2D eigenvalue weighted by Gasteiger charge is 2.17. The lowest BCUT2D eigenvalue weighted by atomic mass is 9.87. The maximum Gasteiger partial charge on any atom is 0.340 e. The minimum absolute atomic E-state index is 0.129. The van der Waals surface area contributed by atoms with Crippen molar-refractivity contribution in [2.75, 3.05) is 7.11 Å². The van der Waals surface area contributed by atoms with Gasteiger partial charge >= 0.3 is 5.97 Å². The minimum atomic E-state index is -0.357. The molecule has 3 rings (SSSR count). The van der Waals surface area contributed by atoms with Crippen molar-refractivity contribution in [3.8, 4) is 0 Å². The molecule has 0 aliphatic rings. The molecule has 0 radical (unpaired) electrons. The average molecular weight is 356 g/mol. The summed E-state index contributed by atoms with van der Waals surface area (Å²) in [4.78, 5) is 12.1. The Balaban J connectivity index is 2.02. The maximum atomic E-state index is 12.1. The molecular weight excluding hydrogens is 334 g/mol. The monoisotopic (exact) mass is 355 g/mol. The van der Waals surface area contributed by atoms with E-state index in [1.807, 2.05) is 16.8 Å². The number of esters is 1. The van der Waals surface area contributed by atoms with E-state index in [1.165, 1.54) is 18.2 Å². The quantitative estimate of drug-likeness (QED) is 0.587. The molecule has 3 nitrogen and oxygen atoms in total. The van der Waals surface area contributed by atoms with E-state index in [1.54, 1.807) is 12.1 Å². The summed E-state index contributed by atoms with van der Waals surface area (Å²) in [5.41, 5.74) is 3.93. The lowest BCUT2D eigenvalue weighted by Crippen LogP contribution is -2.11. The standard InChI is InChI=1S/C21H22ClNO2/c1-21(2,3)15-7-5-14(6-8-15)13-23-12-11-16-18(22)10-9-17(19(16)23)20(24)25-4/h5-12H,13H2,1-4H3. The van der Waals surface area contributed by atoms with Crippen LogP contribution < -0.4 is 0 Å². The van der Waals surface area contributed by atoms with Gasteiger partial charge in [0.05, 0.1) is 18.2 Å². The van der Waals surface area contributed by atoms with Gasteiger partial charge in [-0.3, -0.25) is 0 Å². The fourth-order valence-corrected chi connectivity index (χ4v) is 3.22. The third-order valence-electron chi connectivity index (χ3n) is 4.45. The molecule has 3 aromatic rings. The summed E-state index contributed by atoms with van der Waals surface area (Å²) in [7, 11) is 1.39. The highest BCUT2D eigenvalue weighted by atomic mass is 35.5. The van der Waals surface area contributed by atoms with E-state index in [0.717, 1.165) is 10.9 Å². The number of aromatic nitrogens is 1. The fourth-order valence-electron chi connectivity index (χ4n) is 3.00. The van der Waals surface area contributed by atoms with Crippen LogP contribution in [-0.4, -0.2) is 17.6 Å². The number of hydrogen-bond donors (Lipinski definition) is 0. The molecule has 0 unspecified atom stereocenters. The van der Waals surface area contributed by atoms with Gasteiger partial charge in [-0.2, -0.15) is 0 Å². The molecule has 1 aromatic heterocycles. The number of methoxy groups -OCH3 is 1. The SMILES string of the molecule is COC(=O)c1ccc(Cl)c2ccn(Cc3ccc(C(C)(C)C)cc3)c12. The van der Waals surface area contributed by atoms with Crippen molar-refractivity contribution in [1.29, 1.82) is 0 Å². The average Bonchev–Trinajstić information content (AvgIpc) is 2.99. The second kappa shape index (κ2) is 6.57. The Morgan fingerprint density at radius 1 is 1.08 bits per heavy atom. The molecule has 0 saturated heterocycles. The second-order valence-electron chi connectivity index (χ2n) is 7.24. The number of carbonyl (C=O) groups excluding carboxylic acids is 1. The number of hydrogen-bond acceptors (Lipinski definition) is 2. The molecule has 1 heterocycles. The van der Waals surface area contributed by atoms with E-state index >= 15 is 0 Å². The summed E-state index contributed by atoms with van der Waals surface area (Å²) < 4.78 is 6.96. The first-order valence-electron chi connectivity index (χ1n) is 8.26. The number of rotatable bonds is 3. The van der Waals surface area contributed by atoms with Crippen LogP contribution in [-0.2, 0) is 16.7 Å².